The van der Waals surface area contributed by atoms with Crippen molar-refractivity contribution in [3.63, 3.8) is 0 Å². The highest BCUT2D eigenvalue weighted by atomic mass is 35.5. The van der Waals surface area contributed by atoms with Crippen molar-refractivity contribution in [1.82, 2.24) is 20.3 Å². The Morgan fingerprint density at radius 3 is 2.85 bits per heavy atom. The molecule has 20 heavy (non-hydrogen) atoms. The van der Waals surface area contributed by atoms with Crippen molar-refractivity contribution in [2.75, 3.05) is 0 Å². The van der Waals surface area contributed by atoms with Crippen molar-refractivity contribution in [1.29, 1.82) is 0 Å². The summed E-state index contributed by atoms with van der Waals surface area (Å²) in [6.45, 7) is 0.330. The fourth-order valence-corrected chi connectivity index (χ4v) is 1.98. The molecule has 0 spiro atoms. The normalized spacial score (nSPS) is 10.7. The second kappa shape index (κ2) is 5.30. The molecule has 0 unspecified atom stereocenters. The Bertz CT molecular complexity index is 718. The molecule has 2 aromatic heterocycles. The molecule has 2 heterocycles. The van der Waals surface area contributed by atoms with Crippen LogP contribution in [0.5, 0.6) is 0 Å². The average molecular weight is 287 g/mol. The zero-order valence-electron chi connectivity index (χ0n) is 10.4. The summed E-state index contributed by atoms with van der Waals surface area (Å²) >= 11 is 5.68. The van der Waals surface area contributed by atoms with Gasteiger partial charge in [0.25, 0.3) is 5.91 Å². The third-order valence-corrected chi connectivity index (χ3v) is 3.07. The van der Waals surface area contributed by atoms with Gasteiger partial charge < -0.3 is 10.3 Å². The van der Waals surface area contributed by atoms with Crippen LogP contribution in [-0.4, -0.2) is 20.9 Å². The molecule has 100 valence electrons. The number of H-pyrrole nitrogens is 1. The first-order valence-electron chi connectivity index (χ1n) is 6.06. The molecule has 0 bridgehead atoms. The smallest absolute Gasteiger partial charge is 0.253 e. The lowest BCUT2D eigenvalue weighted by Crippen LogP contribution is -2.23. The molecule has 0 saturated carbocycles. The van der Waals surface area contributed by atoms with Crippen molar-refractivity contribution in [2.24, 2.45) is 0 Å². The largest absolute Gasteiger partial charge is 0.345 e. The summed E-state index contributed by atoms with van der Waals surface area (Å²) in [5.74, 6) is 0.496. The molecule has 0 aliphatic heterocycles. The molecule has 0 saturated heterocycles. The highest BCUT2D eigenvalue weighted by molar-refractivity contribution is 6.29. The van der Waals surface area contributed by atoms with E-state index in [1.807, 2.05) is 24.3 Å². The summed E-state index contributed by atoms with van der Waals surface area (Å²) in [5, 5.41) is 3.14. The van der Waals surface area contributed by atoms with Crippen LogP contribution in [0.1, 0.15) is 16.2 Å². The second-order valence-electron chi connectivity index (χ2n) is 4.25. The average Bonchev–Trinajstić information content (AvgIpc) is 2.88. The minimum absolute atomic E-state index is 0.213. The Morgan fingerprint density at radius 1 is 1.25 bits per heavy atom. The summed E-state index contributed by atoms with van der Waals surface area (Å²) in [6.07, 6.45) is 1.44. The highest BCUT2D eigenvalue weighted by Crippen LogP contribution is 2.10. The van der Waals surface area contributed by atoms with Crippen LogP contribution in [0.25, 0.3) is 11.0 Å². The molecular formula is C14H11ClN4O. The Labute approximate surface area is 120 Å². The van der Waals surface area contributed by atoms with Gasteiger partial charge in [-0.2, -0.15) is 0 Å². The maximum absolute atomic E-state index is 11.9. The summed E-state index contributed by atoms with van der Waals surface area (Å²) in [6, 6.07) is 10.9. The summed E-state index contributed by atoms with van der Waals surface area (Å²) in [5.41, 5.74) is 2.29. The van der Waals surface area contributed by atoms with E-state index in [0.717, 1.165) is 11.0 Å². The number of aromatic amines is 1. The molecule has 3 rings (SSSR count). The number of aromatic nitrogens is 3. The predicted molar refractivity (Wildman–Crippen MR) is 76.5 cm³/mol. The fraction of sp³-hybridized carbons (Fsp3) is 0.0714. The molecule has 0 atom stereocenters. The standard InChI is InChI=1S/C14H11ClN4O/c15-12-6-5-9(7-16-12)14(20)17-8-13-18-10-3-1-2-4-11(10)19-13/h1-7H,8H2,(H,17,20)(H,18,19). The molecule has 6 heteroatoms. The van der Waals surface area contributed by atoms with Gasteiger partial charge in [0.15, 0.2) is 0 Å². The van der Waals surface area contributed by atoms with Gasteiger partial charge in [0.2, 0.25) is 0 Å². The zero-order chi connectivity index (χ0) is 13.9. The summed E-state index contributed by atoms with van der Waals surface area (Å²) < 4.78 is 0. The van der Waals surface area contributed by atoms with E-state index in [0.29, 0.717) is 23.1 Å². The molecule has 0 aliphatic carbocycles. The molecule has 1 aromatic carbocycles. The van der Waals surface area contributed by atoms with Gasteiger partial charge in [-0.05, 0) is 24.3 Å². The van der Waals surface area contributed by atoms with Gasteiger partial charge in [-0.1, -0.05) is 23.7 Å². The third-order valence-electron chi connectivity index (χ3n) is 2.84. The number of fused-ring (bicyclic) bond motifs is 1. The lowest BCUT2D eigenvalue weighted by Gasteiger charge is -2.02. The van der Waals surface area contributed by atoms with E-state index in [9.17, 15) is 4.79 Å². The maximum atomic E-state index is 11.9. The number of amides is 1. The Balaban J connectivity index is 1.69. The number of benzene rings is 1. The number of halogens is 1. The number of pyridine rings is 1. The van der Waals surface area contributed by atoms with Crippen molar-refractivity contribution < 1.29 is 4.79 Å². The van der Waals surface area contributed by atoms with Gasteiger partial charge in [-0.3, -0.25) is 4.79 Å². The van der Waals surface area contributed by atoms with Gasteiger partial charge >= 0.3 is 0 Å². The van der Waals surface area contributed by atoms with Crippen LogP contribution in [0.15, 0.2) is 42.6 Å². The van der Waals surface area contributed by atoms with Gasteiger partial charge in [0.1, 0.15) is 11.0 Å². The number of nitrogens with zero attached hydrogens (tertiary/aromatic N) is 2. The zero-order valence-corrected chi connectivity index (χ0v) is 11.2. The van der Waals surface area contributed by atoms with Crippen LogP contribution in [0.3, 0.4) is 0 Å². The van der Waals surface area contributed by atoms with Crippen molar-refractivity contribution in [3.8, 4) is 0 Å². The van der Waals surface area contributed by atoms with Crippen molar-refractivity contribution in [3.05, 3.63) is 59.1 Å². The van der Waals surface area contributed by atoms with E-state index in [1.165, 1.54) is 6.20 Å². The van der Waals surface area contributed by atoms with Crippen LogP contribution in [0, 0.1) is 0 Å². The predicted octanol–water partition coefficient (Wildman–Crippen LogP) is 2.54. The van der Waals surface area contributed by atoms with E-state index in [1.54, 1.807) is 12.1 Å². The molecule has 1 amide bonds. The number of carbonyl (C=O) groups is 1. The Morgan fingerprint density at radius 2 is 2.10 bits per heavy atom. The molecular weight excluding hydrogens is 276 g/mol. The molecule has 3 aromatic rings. The van der Waals surface area contributed by atoms with Crippen LogP contribution < -0.4 is 5.32 Å². The lowest BCUT2D eigenvalue weighted by atomic mass is 10.3. The van der Waals surface area contributed by atoms with Gasteiger partial charge in [-0.25, -0.2) is 9.97 Å². The minimum Gasteiger partial charge on any atom is -0.345 e. The molecule has 0 radical (unpaired) electrons. The molecule has 2 N–H and O–H groups in total. The number of hydrogen-bond acceptors (Lipinski definition) is 3. The van der Waals surface area contributed by atoms with Crippen molar-refractivity contribution >= 4 is 28.5 Å². The van der Waals surface area contributed by atoms with Crippen LogP contribution in [0.4, 0.5) is 0 Å². The van der Waals surface area contributed by atoms with E-state index < -0.39 is 0 Å². The van der Waals surface area contributed by atoms with E-state index in [4.69, 9.17) is 11.6 Å². The lowest BCUT2D eigenvalue weighted by molar-refractivity contribution is 0.0949. The first-order chi connectivity index (χ1) is 9.72. The van der Waals surface area contributed by atoms with Gasteiger partial charge in [0.05, 0.1) is 23.1 Å². The number of hydrogen-bond donors (Lipinski definition) is 2. The van der Waals surface area contributed by atoms with Gasteiger partial charge in [0, 0.05) is 6.20 Å². The fourth-order valence-electron chi connectivity index (χ4n) is 1.87. The quantitative estimate of drug-likeness (QED) is 0.727. The van der Waals surface area contributed by atoms with Crippen LogP contribution in [0.2, 0.25) is 5.15 Å². The van der Waals surface area contributed by atoms with E-state index in [-0.39, 0.29) is 5.91 Å². The summed E-state index contributed by atoms with van der Waals surface area (Å²) in [7, 11) is 0. The summed E-state index contributed by atoms with van der Waals surface area (Å²) in [4.78, 5) is 23.3. The highest BCUT2D eigenvalue weighted by Gasteiger charge is 2.07. The Hall–Kier alpha value is -2.40. The number of para-hydroxylation sites is 2. The molecule has 0 fully saturated rings. The number of rotatable bonds is 3. The van der Waals surface area contributed by atoms with E-state index >= 15 is 0 Å². The number of carbonyl (C=O) groups excluding carboxylic acids is 1. The van der Waals surface area contributed by atoms with Crippen LogP contribution >= 0.6 is 11.6 Å². The topological polar surface area (TPSA) is 70.7 Å². The second-order valence-corrected chi connectivity index (χ2v) is 4.64. The first kappa shape index (κ1) is 12.6. The van der Waals surface area contributed by atoms with Crippen molar-refractivity contribution in [2.45, 2.75) is 6.54 Å². The number of imidazole rings is 1. The third kappa shape index (κ3) is 2.62. The van der Waals surface area contributed by atoms with E-state index in [2.05, 4.69) is 20.3 Å². The Kier molecular flexibility index (Phi) is 3.35. The minimum atomic E-state index is -0.213. The van der Waals surface area contributed by atoms with Crippen LogP contribution in [-0.2, 0) is 6.54 Å². The van der Waals surface area contributed by atoms with Gasteiger partial charge in [-0.15, -0.1) is 0 Å². The molecule has 0 aliphatic rings. The monoisotopic (exact) mass is 286 g/mol. The number of nitrogens with one attached hydrogen (secondary N) is 2. The first-order valence-corrected chi connectivity index (χ1v) is 6.43. The maximum Gasteiger partial charge on any atom is 0.253 e. The molecule has 5 nitrogen and oxygen atoms in total. The SMILES string of the molecule is O=C(NCc1nc2ccccc2[nH]1)c1ccc(Cl)nc1.